The van der Waals surface area contributed by atoms with Crippen LogP contribution in [0.2, 0.25) is 0 Å². The van der Waals surface area contributed by atoms with Crippen molar-refractivity contribution in [1.29, 1.82) is 0 Å². The van der Waals surface area contributed by atoms with Gasteiger partial charge in [0.2, 0.25) is 0 Å². The Morgan fingerprint density at radius 1 is 1.19 bits per heavy atom. The minimum Gasteiger partial charge on any atom is -0.493 e. The van der Waals surface area contributed by atoms with Gasteiger partial charge >= 0.3 is 5.97 Å². The second kappa shape index (κ2) is 6.52. The van der Waals surface area contributed by atoms with E-state index in [-0.39, 0.29) is 11.7 Å². The Hall–Kier alpha value is -2.76. The molecule has 0 radical (unpaired) electrons. The number of carbonyl (C=O) groups is 1. The van der Waals surface area contributed by atoms with Crippen molar-refractivity contribution in [3.63, 3.8) is 0 Å². The molecule has 1 aliphatic heterocycles. The van der Waals surface area contributed by atoms with E-state index in [2.05, 4.69) is 0 Å². The van der Waals surface area contributed by atoms with Crippen LogP contribution in [-0.4, -0.2) is 28.9 Å². The molecule has 1 N–H and O–H groups in total. The predicted octanol–water partition coefficient (Wildman–Crippen LogP) is 3.10. The minimum atomic E-state index is -1.20. The van der Waals surface area contributed by atoms with Crippen molar-refractivity contribution < 1.29 is 19.4 Å². The van der Waals surface area contributed by atoms with Gasteiger partial charge in [-0.3, -0.25) is 4.79 Å². The van der Waals surface area contributed by atoms with Gasteiger partial charge in [-0.15, -0.1) is 0 Å². The second-order valence-corrected chi connectivity index (χ2v) is 6.87. The first-order valence-corrected chi connectivity index (χ1v) is 8.92. The Balaban J connectivity index is 1.78. The molecular formula is C20H21NO5. The van der Waals surface area contributed by atoms with Crippen LogP contribution in [0, 0.1) is 0 Å². The minimum absolute atomic E-state index is 0.203. The molecule has 26 heavy (non-hydrogen) atoms. The predicted molar refractivity (Wildman–Crippen MR) is 96.2 cm³/mol. The number of aromatic nitrogens is 1. The molecule has 0 unspecified atom stereocenters. The molecule has 0 amide bonds. The van der Waals surface area contributed by atoms with Crippen LogP contribution in [0.15, 0.2) is 29.2 Å². The number of carboxylic acid groups (broad SMARTS) is 1. The second-order valence-electron chi connectivity index (χ2n) is 6.87. The number of rotatable bonds is 4. The van der Waals surface area contributed by atoms with Gasteiger partial charge in [0.15, 0.2) is 16.9 Å². The maximum absolute atomic E-state index is 12.1. The molecule has 2 heterocycles. The zero-order valence-corrected chi connectivity index (χ0v) is 14.7. The monoisotopic (exact) mass is 355 g/mol. The van der Waals surface area contributed by atoms with E-state index in [1.54, 1.807) is 7.11 Å². The molecule has 1 aliphatic carbocycles. The van der Waals surface area contributed by atoms with Crippen LogP contribution >= 0.6 is 0 Å². The third-order valence-electron chi connectivity index (χ3n) is 5.24. The van der Waals surface area contributed by atoms with Crippen molar-refractivity contribution in [3.05, 3.63) is 45.7 Å². The van der Waals surface area contributed by atoms with Gasteiger partial charge in [-0.1, -0.05) is 0 Å². The van der Waals surface area contributed by atoms with E-state index in [4.69, 9.17) is 14.6 Å². The van der Waals surface area contributed by atoms with Crippen LogP contribution in [0.5, 0.6) is 11.5 Å². The van der Waals surface area contributed by atoms with E-state index in [0.29, 0.717) is 18.0 Å². The average molecular weight is 355 g/mol. The molecule has 2 aliphatic rings. The lowest BCUT2D eigenvalue weighted by atomic mass is 9.96. The highest BCUT2D eigenvalue weighted by molar-refractivity contribution is 5.87. The number of aromatic carboxylic acids is 1. The molecule has 136 valence electrons. The normalized spacial score (nSPS) is 16.0. The molecule has 6 nitrogen and oxygen atoms in total. The molecule has 0 spiro atoms. The van der Waals surface area contributed by atoms with Crippen molar-refractivity contribution in [3.8, 4) is 22.8 Å². The molecule has 4 rings (SSSR count). The van der Waals surface area contributed by atoms with Gasteiger partial charge in [0.1, 0.15) is 5.56 Å². The molecule has 2 aromatic rings. The van der Waals surface area contributed by atoms with Crippen LogP contribution in [0.4, 0.5) is 0 Å². The third kappa shape index (κ3) is 2.85. The van der Waals surface area contributed by atoms with Crippen molar-refractivity contribution in [2.24, 2.45) is 0 Å². The zero-order valence-electron chi connectivity index (χ0n) is 14.7. The van der Waals surface area contributed by atoms with Crippen molar-refractivity contribution >= 4 is 5.97 Å². The van der Waals surface area contributed by atoms with Gasteiger partial charge in [-0.2, -0.15) is 0 Å². The Kier molecular flexibility index (Phi) is 4.18. The van der Waals surface area contributed by atoms with Crippen LogP contribution < -0.4 is 14.9 Å². The fourth-order valence-electron chi connectivity index (χ4n) is 3.88. The number of carboxylic acids is 1. The van der Waals surface area contributed by atoms with Crippen LogP contribution in [0.1, 0.15) is 41.6 Å². The van der Waals surface area contributed by atoms with Gasteiger partial charge in [0, 0.05) is 24.4 Å². The first kappa shape index (κ1) is 16.7. The molecule has 6 heteroatoms. The molecule has 1 fully saturated rings. The average Bonchev–Trinajstić information content (AvgIpc) is 3.13. The molecule has 0 bridgehead atoms. The van der Waals surface area contributed by atoms with Crippen LogP contribution in [-0.2, 0) is 13.0 Å². The summed E-state index contributed by atoms with van der Waals surface area (Å²) >= 11 is 0. The first-order chi connectivity index (χ1) is 12.6. The summed E-state index contributed by atoms with van der Waals surface area (Å²) in [5.74, 6) is 0.184. The Morgan fingerprint density at radius 2 is 1.96 bits per heavy atom. The molecular weight excluding hydrogens is 334 g/mol. The molecule has 0 atom stereocenters. The number of hydrogen-bond acceptors (Lipinski definition) is 4. The van der Waals surface area contributed by atoms with Gasteiger partial charge in [0.05, 0.1) is 18.9 Å². The quantitative estimate of drug-likeness (QED) is 0.912. The lowest BCUT2D eigenvalue weighted by molar-refractivity contribution is 0.0694. The van der Waals surface area contributed by atoms with E-state index >= 15 is 0 Å². The Bertz CT molecular complexity index is 925. The number of nitrogens with zero attached hydrogens (tertiary/aromatic N) is 1. The smallest absolute Gasteiger partial charge is 0.341 e. The van der Waals surface area contributed by atoms with Crippen molar-refractivity contribution in [2.45, 2.75) is 44.8 Å². The summed E-state index contributed by atoms with van der Waals surface area (Å²) in [6.07, 6.45) is 6.93. The number of pyridine rings is 1. The summed E-state index contributed by atoms with van der Waals surface area (Å²) in [4.78, 5) is 23.4. The topological polar surface area (TPSA) is 77.8 Å². The van der Waals surface area contributed by atoms with E-state index in [1.807, 2.05) is 16.7 Å². The van der Waals surface area contributed by atoms with E-state index in [9.17, 15) is 9.59 Å². The van der Waals surface area contributed by atoms with Crippen LogP contribution in [0.25, 0.3) is 11.3 Å². The van der Waals surface area contributed by atoms with Crippen molar-refractivity contribution in [2.75, 3.05) is 7.11 Å². The highest BCUT2D eigenvalue weighted by atomic mass is 16.5. The largest absolute Gasteiger partial charge is 0.493 e. The number of benzene rings is 1. The van der Waals surface area contributed by atoms with Gasteiger partial charge in [0.25, 0.3) is 0 Å². The Morgan fingerprint density at radius 3 is 2.65 bits per heavy atom. The summed E-state index contributed by atoms with van der Waals surface area (Å²) in [5.41, 5.74) is 2.00. The molecule has 1 aromatic heterocycles. The molecule has 1 saturated carbocycles. The summed E-state index contributed by atoms with van der Waals surface area (Å²) in [6.45, 7) is 0.623. The van der Waals surface area contributed by atoms with Crippen LogP contribution in [0.3, 0.4) is 0 Å². The zero-order chi connectivity index (χ0) is 18.3. The SMILES string of the molecule is COc1cc2c(cc1OC1CCCC1)CCn1cc(C(=O)O)c(=O)cc1-2. The fourth-order valence-corrected chi connectivity index (χ4v) is 3.88. The van der Waals surface area contributed by atoms with Gasteiger partial charge in [-0.05, 0) is 49.8 Å². The maximum Gasteiger partial charge on any atom is 0.341 e. The lowest BCUT2D eigenvalue weighted by Gasteiger charge is -2.25. The summed E-state index contributed by atoms with van der Waals surface area (Å²) in [6, 6.07) is 5.30. The fraction of sp³-hybridized carbons (Fsp3) is 0.400. The standard InChI is InChI=1S/C20H21NO5/c1-25-18-9-14-12(8-19(18)26-13-4-2-3-5-13)6-7-21-11-15(20(23)24)17(22)10-16(14)21/h8-11,13H,2-7H2,1H3,(H,23,24). The lowest BCUT2D eigenvalue weighted by Crippen LogP contribution is -2.22. The van der Waals surface area contributed by atoms with E-state index in [0.717, 1.165) is 36.1 Å². The summed E-state index contributed by atoms with van der Waals surface area (Å²) < 4.78 is 13.5. The molecule has 0 saturated heterocycles. The Labute approximate surface area is 151 Å². The van der Waals surface area contributed by atoms with E-state index in [1.165, 1.54) is 25.1 Å². The number of fused-ring (bicyclic) bond motifs is 3. The molecule has 1 aromatic carbocycles. The van der Waals surface area contributed by atoms with Crippen molar-refractivity contribution in [1.82, 2.24) is 4.57 Å². The van der Waals surface area contributed by atoms with Gasteiger partial charge < -0.3 is 19.1 Å². The number of methoxy groups -OCH3 is 1. The number of aryl methyl sites for hydroxylation is 2. The highest BCUT2D eigenvalue weighted by Gasteiger charge is 2.24. The first-order valence-electron chi connectivity index (χ1n) is 8.92. The number of hydrogen-bond donors (Lipinski definition) is 1. The third-order valence-corrected chi connectivity index (χ3v) is 5.24. The van der Waals surface area contributed by atoms with Gasteiger partial charge in [-0.25, -0.2) is 4.79 Å². The number of ether oxygens (including phenoxy) is 2. The summed E-state index contributed by atoms with van der Waals surface area (Å²) in [5, 5.41) is 9.17. The summed E-state index contributed by atoms with van der Waals surface area (Å²) in [7, 11) is 1.60. The van der Waals surface area contributed by atoms with E-state index < -0.39 is 11.4 Å². The maximum atomic E-state index is 12.1. The highest BCUT2D eigenvalue weighted by Crippen LogP contribution is 2.39.